The van der Waals surface area contributed by atoms with Gasteiger partial charge in [-0.25, -0.2) is 4.98 Å². The Labute approximate surface area is 157 Å². The van der Waals surface area contributed by atoms with Gasteiger partial charge in [-0.1, -0.05) is 38.2 Å². The smallest absolute Gasteiger partial charge is 0.237 e. The quantitative estimate of drug-likeness (QED) is 0.840. The number of halogens is 1. The number of carbonyl (C=O) groups excluding carboxylic acids is 1. The number of nitrogens with two attached hydrogens (primary N) is 1. The number of carbonyl (C=O) groups is 1. The first kappa shape index (κ1) is 20.0. The lowest BCUT2D eigenvalue weighted by atomic mass is 9.85. The van der Waals surface area contributed by atoms with Crippen LogP contribution in [0.15, 0.2) is 24.4 Å². The van der Waals surface area contributed by atoms with Gasteiger partial charge in [-0.05, 0) is 37.3 Å². The molecule has 3 N–H and O–H groups in total. The molecular weight excluding hydrogens is 336 g/mol. The molecule has 1 aliphatic heterocycles. The Bertz CT molecular complexity index is 513. The molecule has 1 saturated heterocycles. The Balaban J connectivity index is 0.00000225. The van der Waals surface area contributed by atoms with E-state index in [1.54, 1.807) is 0 Å². The zero-order valence-corrected chi connectivity index (χ0v) is 15.7. The second kappa shape index (κ2) is 9.97. The molecule has 1 atom stereocenters. The molecule has 0 aromatic carbocycles. The molecule has 25 heavy (non-hydrogen) atoms. The third kappa shape index (κ3) is 5.86. The van der Waals surface area contributed by atoms with Crippen LogP contribution < -0.4 is 16.0 Å². The van der Waals surface area contributed by atoms with Crippen molar-refractivity contribution in [2.45, 2.75) is 63.5 Å². The van der Waals surface area contributed by atoms with Crippen LogP contribution in [-0.2, 0) is 4.79 Å². The van der Waals surface area contributed by atoms with E-state index in [4.69, 9.17) is 5.73 Å². The van der Waals surface area contributed by atoms with Crippen LogP contribution >= 0.6 is 12.4 Å². The Hall–Kier alpha value is -1.33. The van der Waals surface area contributed by atoms with Crippen LogP contribution in [0.1, 0.15) is 51.4 Å². The lowest BCUT2D eigenvalue weighted by Crippen LogP contribution is -2.50. The maximum absolute atomic E-state index is 12.4. The number of hydrogen-bond donors (Lipinski definition) is 2. The van der Waals surface area contributed by atoms with Crippen molar-refractivity contribution in [2.24, 2.45) is 11.7 Å². The molecule has 1 aliphatic carbocycles. The molecular formula is C19H31ClN4O. The van der Waals surface area contributed by atoms with Crippen LogP contribution in [0.4, 0.5) is 5.82 Å². The molecule has 3 rings (SSSR count). The molecule has 140 valence electrons. The van der Waals surface area contributed by atoms with Gasteiger partial charge in [0.25, 0.3) is 0 Å². The highest BCUT2D eigenvalue weighted by Crippen LogP contribution is 2.27. The third-order valence-electron chi connectivity index (χ3n) is 5.46. The Morgan fingerprint density at radius 1 is 1.20 bits per heavy atom. The van der Waals surface area contributed by atoms with Gasteiger partial charge in [0, 0.05) is 25.3 Å². The van der Waals surface area contributed by atoms with E-state index >= 15 is 0 Å². The molecule has 5 nitrogen and oxygen atoms in total. The zero-order chi connectivity index (χ0) is 16.8. The van der Waals surface area contributed by atoms with Crippen LogP contribution in [0.3, 0.4) is 0 Å². The fraction of sp³-hybridized carbons (Fsp3) is 0.684. The third-order valence-corrected chi connectivity index (χ3v) is 5.46. The predicted octanol–water partition coefficient (Wildman–Crippen LogP) is 2.89. The van der Waals surface area contributed by atoms with Gasteiger partial charge in [-0.3, -0.25) is 4.79 Å². The number of piperidine rings is 1. The lowest BCUT2D eigenvalue weighted by Gasteiger charge is -2.33. The van der Waals surface area contributed by atoms with Crippen molar-refractivity contribution in [3.05, 3.63) is 24.4 Å². The van der Waals surface area contributed by atoms with E-state index in [1.807, 2.05) is 24.4 Å². The van der Waals surface area contributed by atoms with Gasteiger partial charge in [0.05, 0.1) is 6.04 Å². The first-order valence-electron chi connectivity index (χ1n) is 9.44. The predicted molar refractivity (Wildman–Crippen MR) is 104 cm³/mol. The molecule has 2 aliphatic rings. The molecule has 2 heterocycles. The van der Waals surface area contributed by atoms with E-state index in [2.05, 4.69) is 15.2 Å². The second-order valence-electron chi connectivity index (χ2n) is 7.30. The summed E-state index contributed by atoms with van der Waals surface area (Å²) in [6.45, 7) is 1.86. The van der Waals surface area contributed by atoms with Gasteiger partial charge >= 0.3 is 0 Å². The molecule has 0 radical (unpaired) electrons. The van der Waals surface area contributed by atoms with Gasteiger partial charge in [0.2, 0.25) is 5.91 Å². The summed E-state index contributed by atoms with van der Waals surface area (Å²) in [6, 6.07) is 5.89. The fourth-order valence-electron chi connectivity index (χ4n) is 3.99. The maximum atomic E-state index is 12.4. The Morgan fingerprint density at radius 3 is 2.56 bits per heavy atom. The fourth-order valence-corrected chi connectivity index (χ4v) is 3.99. The van der Waals surface area contributed by atoms with Crippen LogP contribution in [0, 0.1) is 5.92 Å². The van der Waals surface area contributed by atoms with Crippen LogP contribution in [0.2, 0.25) is 0 Å². The van der Waals surface area contributed by atoms with Gasteiger partial charge in [0.15, 0.2) is 0 Å². The minimum Gasteiger partial charge on any atom is -0.356 e. The molecule has 1 saturated carbocycles. The van der Waals surface area contributed by atoms with Crippen molar-refractivity contribution >= 4 is 24.1 Å². The summed E-state index contributed by atoms with van der Waals surface area (Å²) < 4.78 is 0. The molecule has 1 unspecified atom stereocenters. The summed E-state index contributed by atoms with van der Waals surface area (Å²) in [5.41, 5.74) is 6.15. The van der Waals surface area contributed by atoms with Crippen molar-refractivity contribution in [1.82, 2.24) is 10.3 Å². The molecule has 1 amide bonds. The summed E-state index contributed by atoms with van der Waals surface area (Å²) >= 11 is 0. The highest BCUT2D eigenvalue weighted by Gasteiger charge is 2.25. The summed E-state index contributed by atoms with van der Waals surface area (Å²) in [5.74, 6) is 1.71. The summed E-state index contributed by atoms with van der Waals surface area (Å²) in [6.07, 6.45) is 11.0. The van der Waals surface area contributed by atoms with Crippen molar-refractivity contribution < 1.29 is 4.79 Å². The first-order valence-corrected chi connectivity index (χ1v) is 9.44. The molecule has 0 bridgehead atoms. The van der Waals surface area contributed by atoms with E-state index in [1.165, 1.54) is 32.1 Å². The first-order chi connectivity index (χ1) is 11.7. The lowest BCUT2D eigenvalue weighted by molar-refractivity contribution is -0.123. The number of pyridine rings is 1. The van der Waals surface area contributed by atoms with E-state index < -0.39 is 0 Å². The molecule has 1 aromatic heterocycles. The van der Waals surface area contributed by atoms with E-state index in [0.29, 0.717) is 5.92 Å². The van der Waals surface area contributed by atoms with Crippen LogP contribution in [0.25, 0.3) is 0 Å². The van der Waals surface area contributed by atoms with Gasteiger partial charge in [-0.2, -0.15) is 0 Å². The molecule has 6 heteroatoms. The average molecular weight is 367 g/mol. The van der Waals surface area contributed by atoms with Crippen LogP contribution in [-0.4, -0.2) is 36.1 Å². The molecule has 1 aromatic rings. The number of nitrogens with zero attached hydrogens (tertiary/aromatic N) is 2. The highest BCUT2D eigenvalue weighted by molar-refractivity contribution is 5.85. The minimum atomic E-state index is -0.345. The summed E-state index contributed by atoms with van der Waals surface area (Å²) in [7, 11) is 0. The highest BCUT2D eigenvalue weighted by atomic mass is 35.5. The minimum absolute atomic E-state index is 0. The second-order valence-corrected chi connectivity index (χ2v) is 7.30. The van der Waals surface area contributed by atoms with E-state index in [0.717, 1.165) is 38.2 Å². The maximum Gasteiger partial charge on any atom is 0.237 e. The summed E-state index contributed by atoms with van der Waals surface area (Å²) in [5, 5.41) is 3.17. The normalized spacial score (nSPS) is 20.6. The van der Waals surface area contributed by atoms with Gasteiger partial charge < -0.3 is 16.0 Å². The standard InChI is InChI=1S/C19H30N4O.ClH/c20-17(14-15-6-2-1-3-7-15)19(24)22-16-9-12-23(13-10-16)18-8-4-5-11-21-18;/h4-5,8,11,15-17H,1-3,6-7,9-10,12-14,20H2,(H,22,24);1H. The van der Waals surface area contributed by atoms with E-state index in [9.17, 15) is 4.79 Å². The largest absolute Gasteiger partial charge is 0.356 e. The van der Waals surface area contributed by atoms with Gasteiger partial charge in [-0.15, -0.1) is 12.4 Å². The van der Waals surface area contributed by atoms with Crippen LogP contribution in [0.5, 0.6) is 0 Å². The number of aromatic nitrogens is 1. The SMILES string of the molecule is Cl.NC(CC1CCCCC1)C(=O)NC1CCN(c2ccccn2)CC1. The average Bonchev–Trinajstić information content (AvgIpc) is 2.64. The van der Waals surface area contributed by atoms with Crippen molar-refractivity contribution in [1.29, 1.82) is 0 Å². The Morgan fingerprint density at radius 2 is 1.92 bits per heavy atom. The molecule has 0 spiro atoms. The molecule has 2 fully saturated rings. The summed E-state index contributed by atoms with van der Waals surface area (Å²) in [4.78, 5) is 19.1. The number of rotatable bonds is 5. The van der Waals surface area contributed by atoms with Gasteiger partial charge in [0.1, 0.15) is 5.82 Å². The van der Waals surface area contributed by atoms with Crippen molar-refractivity contribution in [2.75, 3.05) is 18.0 Å². The number of anilines is 1. The topological polar surface area (TPSA) is 71.2 Å². The van der Waals surface area contributed by atoms with Crippen molar-refractivity contribution in [3.8, 4) is 0 Å². The van der Waals surface area contributed by atoms with E-state index in [-0.39, 0.29) is 30.4 Å². The monoisotopic (exact) mass is 366 g/mol. The van der Waals surface area contributed by atoms with Crippen molar-refractivity contribution in [3.63, 3.8) is 0 Å². The zero-order valence-electron chi connectivity index (χ0n) is 14.9. The Kier molecular flexibility index (Phi) is 7.97. The number of amides is 1. The number of nitrogens with one attached hydrogen (secondary N) is 1. The number of hydrogen-bond acceptors (Lipinski definition) is 4.